The lowest BCUT2D eigenvalue weighted by molar-refractivity contribution is -0.383. The minimum atomic E-state index is -0.470. The molecule has 0 aliphatic heterocycles. The smallest absolute Gasteiger partial charge is 0.292 e. The highest BCUT2D eigenvalue weighted by molar-refractivity contribution is 5.66. The van der Waals surface area contributed by atoms with Crippen LogP contribution in [0.3, 0.4) is 0 Å². The Morgan fingerprint density at radius 1 is 1.53 bits per heavy atom. The van der Waals surface area contributed by atoms with E-state index in [0.29, 0.717) is 12.6 Å². The third kappa shape index (κ3) is 3.82. The minimum absolute atomic E-state index is 0.0559. The van der Waals surface area contributed by atoms with Crippen LogP contribution in [0.4, 0.5) is 17.1 Å². The van der Waals surface area contributed by atoms with Crippen LogP contribution in [-0.4, -0.2) is 31.2 Å². The first kappa shape index (κ1) is 15.2. The molecule has 0 bridgehead atoms. The summed E-state index contributed by atoms with van der Waals surface area (Å²) in [7, 11) is 1.65. The monoisotopic (exact) mass is 267 g/mol. The molecule has 1 atom stereocenters. The van der Waals surface area contributed by atoms with Gasteiger partial charge in [-0.3, -0.25) is 10.1 Å². The lowest BCUT2D eigenvalue weighted by Gasteiger charge is -2.30. The van der Waals surface area contributed by atoms with Crippen LogP contribution >= 0.6 is 0 Å². The lowest BCUT2D eigenvalue weighted by atomic mass is 10.1. The molecule has 6 nitrogen and oxygen atoms in total. The average Bonchev–Trinajstić information content (AvgIpc) is 2.38. The largest absolute Gasteiger partial charge is 0.393 e. The number of methoxy groups -OCH3 is 1. The number of nitrogens with zero attached hydrogens (tertiary/aromatic N) is 2. The van der Waals surface area contributed by atoms with Crippen LogP contribution in [0, 0.1) is 10.1 Å². The molecular weight excluding hydrogens is 246 g/mol. The van der Waals surface area contributed by atoms with Gasteiger partial charge in [-0.2, -0.15) is 0 Å². The van der Waals surface area contributed by atoms with Crippen LogP contribution in [0.2, 0.25) is 0 Å². The van der Waals surface area contributed by atoms with Gasteiger partial charge in [-0.05, 0) is 25.5 Å². The number of ether oxygens (including phenoxy) is 1. The molecule has 0 radical (unpaired) electrons. The summed E-state index contributed by atoms with van der Waals surface area (Å²) in [4.78, 5) is 12.4. The number of rotatable bonds is 7. The summed E-state index contributed by atoms with van der Waals surface area (Å²) >= 11 is 0. The molecular formula is C13H21N3O3. The van der Waals surface area contributed by atoms with E-state index in [-0.39, 0.29) is 11.4 Å². The molecule has 1 rings (SSSR count). The van der Waals surface area contributed by atoms with E-state index >= 15 is 0 Å². The third-order valence-electron chi connectivity index (χ3n) is 3.20. The quantitative estimate of drug-likeness (QED) is 0.466. The highest BCUT2D eigenvalue weighted by Gasteiger charge is 2.17. The van der Waals surface area contributed by atoms with Crippen LogP contribution in [-0.2, 0) is 4.74 Å². The molecule has 0 heterocycles. The van der Waals surface area contributed by atoms with Gasteiger partial charge in [0.1, 0.15) is 5.69 Å². The van der Waals surface area contributed by atoms with Crippen molar-refractivity contribution in [2.45, 2.75) is 26.3 Å². The Balaban J connectivity index is 3.02. The summed E-state index contributed by atoms with van der Waals surface area (Å²) in [5, 5.41) is 10.8. The van der Waals surface area contributed by atoms with Gasteiger partial charge in [-0.25, -0.2) is 0 Å². The molecule has 0 amide bonds. The van der Waals surface area contributed by atoms with Gasteiger partial charge >= 0.3 is 0 Å². The predicted octanol–water partition coefficient (Wildman–Crippen LogP) is 2.43. The molecule has 0 fully saturated rings. The van der Waals surface area contributed by atoms with Gasteiger partial charge in [0.2, 0.25) is 0 Å². The van der Waals surface area contributed by atoms with E-state index in [9.17, 15) is 10.1 Å². The Morgan fingerprint density at radius 3 is 2.68 bits per heavy atom. The highest BCUT2D eigenvalue weighted by Crippen LogP contribution is 2.28. The van der Waals surface area contributed by atoms with Crippen molar-refractivity contribution in [1.82, 2.24) is 0 Å². The van der Waals surface area contributed by atoms with E-state index in [0.717, 1.165) is 18.7 Å². The topological polar surface area (TPSA) is 81.6 Å². The fourth-order valence-corrected chi connectivity index (χ4v) is 1.90. The highest BCUT2D eigenvalue weighted by atomic mass is 16.6. The van der Waals surface area contributed by atoms with Gasteiger partial charge < -0.3 is 15.4 Å². The maximum atomic E-state index is 10.8. The summed E-state index contributed by atoms with van der Waals surface area (Å²) in [6.07, 6.45) is 0.973. The fraction of sp³-hybridized carbons (Fsp3) is 0.538. The molecule has 2 N–H and O–H groups in total. The molecule has 0 saturated carbocycles. The second kappa shape index (κ2) is 6.94. The molecule has 19 heavy (non-hydrogen) atoms. The number of benzene rings is 1. The van der Waals surface area contributed by atoms with Crippen LogP contribution in [0.1, 0.15) is 20.3 Å². The number of nitro benzene ring substituents is 1. The Labute approximate surface area is 113 Å². The third-order valence-corrected chi connectivity index (χ3v) is 3.20. The van der Waals surface area contributed by atoms with Crippen LogP contribution in [0.5, 0.6) is 0 Å². The maximum Gasteiger partial charge on any atom is 0.292 e. The number of anilines is 2. The molecule has 0 aliphatic rings. The van der Waals surface area contributed by atoms with Crippen molar-refractivity contribution in [3.8, 4) is 0 Å². The lowest BCUT2D eigenvalue weighted by Crippen LogP contribution is -2.35. The van der Waals surface area contributed by atoms with Crippen LogP contribution in [0.25, 0.3) is 0 Å². The standard InChI is InChI=1S/C13H21N3O3/c1-4-10(2)15(7-8-19-3)11-5-6-13(16(17)18)12(14)9-11/h5-6,9-10H,4,7-8,14H2,1-3H3. The SMILES string of the molecule is CCC(C)N(CCOC)c1ccc([N+](=O)[O-])c(N)c1. The molecule has 0 saturated heterocycles. The number of nitrogens with two attached hydrogens (primary N) is 1. The zero-order chi connectivity index (χ0) is 14.4. The molecule has 0 spiro atoms. The van der Waals surface area contributed by atoms with Crippen molar-refractivity contribution in [2.24, 2.45) is 0 Å². The van der Waals surface area contributed by atoms with E-state index in [2.05, 4.69) is 18.7 Å². The van der Waals surface area contributed by atoms with Gasteiger partial charge in [0.15, 0.2) is 0 Å². The number of nitrogen functional groups attached to an aromatic ring is 1. The van der Waals surface area contributed by atoms with E-state index in [1.807, 2.05) is 0 Å². The summed E-state index contributed by atoms with van der Waals surface area (Å²) in [5.41, 5.74) is 6.75. The van der Waals surface area contributed by atoms with Crippen LogP contribution < -0.4 is 10.6 Å². The van der Waals surface area contributed by atoms with E-state index in [1.165, 1.54) is 6.07 Å². The second-order valence-corrected chi connectivity index (χ2v) is 4.44. The Hall–Kier alpha value is -1.82. The van der Waals surface area contributed by atoms with Gasteiger partial charge in [-0.1, -0.05) is 6.92 Å². The zero-order valence-corrected chi connectivity index (χ0v) is 11.6. The first-order valence-electron chi connectivity index (χ1n) is 6.30. The fourth-order valence-electron chi connectivity index (χ4n) is 1.90. The van der Waals surface area contributed by atoms with Gasteiger partial charge in [0.05, 0.1) is 11.5 Å². The molecule has 106 valence electrons. The maximum absolute atomic E-state index is 10.8. The zero-order valence-electron chi connectivity index (χ0n) is 11.6. The predicted molar refractivity (Wildman–Crippen MR) is 76.5 cm³/mol. The van der Waals surface area contributed by atoms with E-state index in [1.54, 1.807) is 19.2 Å². The average molecular weight is 267 g/mol. The Morgan fingerprint density at radius 2 is 2.21 bits per heavy atom. The van der Waals surface area contributed by atoms with Gasteiger partial charge in [0.25, 0.3) is 5.69 Å². The number of hydrogen-bond acceptors (Lipinski definition) is 5. The van der Waals surface area contributed by atoms with Gasteiger partial charge in [0, 0.05) is 31.5 Å². The summed E-state index contributed by atoms with van der Waals surface area (Å²) < 4.78 is 5.10. The number of nitro groups is 1. The summed E-state index contributed by atoms with van der Waals surface area (Å²) in [6.45, 7) is 5.52. The van der Waals surface area contributed by atoms with Crippen molar-refractivity contribution >= 4 is 17.1 Å². The molecule has 1 unspecified atom stereocenters. The van der Waals surface area contributed by atoms with Crippen molar-refractivity contribution in [2.75, 3.05) is 30.9 Å². The normalized spacial score (nSPS) is 12.2. The van der Waals surface area contributed by atoms with Crippen molar-refractivity contribution in [3.63, 3.8) is 0 Å². The molecule has 1 aromatic carbocycles. The van der Waals surface area contributed by atoms with E-state index < -0.39 is 4.92 Å². The van der Waals surface area contributed by atoms with E-state index in [4.69, 9.17) is 10.5 Å². The van der Waals surface area contributed by atoms with Crippen molar-refractivity contribution in [3.05, 3.63) is 28.3 Å². The first-order valence-corrected chi connectivity index (χ1v) is 6.30. The molecule has 0 aliphatic carbocycles. The summed E-state index contributed by atoms with van der Waals surface area (Å²) in [5.74, 6) is 0. The van der Waals surface area contributed by atoms with Crippen LogP contribution in [0.15, 0.2) is 18.2 Å². The Kier molecular flexibility index (Phi) is 5.57. The second-order valence-electron chi connectivity index (χ2n) is 4.44. The van der Waals surface area contributed by atoms with Gasteiger partial charge in [-0.15, -0.1) is 0 Å². The van der Waals surface area contributed by atoms with Crippen molar-refractivity contribution < 1.29 is 9.66 Å². The minimum Gasteiger partial charge on any atom is -0.393 e. The first-order chi connectivity index (χ1) is 9.01. The molecule has 0 aromatic heterocycles. The number of hydrogen-bond donors (Lipinski definition) is 1. The molecule has 6 heteroatoms. The summed E-state index contributed by atoms with van der Waals surface area (Å²) in [6, 6.07) is 5.15. The Bertz CT molecular complexity index is 437. The molecule has 1 aromatic rings. The van der Waals surface area contributed by atoms with Crippen molar-refractivity contribution in [1.29, 1.82) is 0 Å².